The van der Waals surface area contributed by atoms with E-state index in [-0.39, 0.29) is 6.10 Å². The minimum atomic E-state index is 0.259. The van der Waals surface area contributed by atoms with Gasteiger partial charge in [0.15, 0.2) is 0 Å². The molecular formula is C13H22N4O. The molecule has 0 saturated carbocycles. The topological polar surface area (TPSA) is 50.3 Å². The summed E-state index contributed by atoms with van der Waals surface area (Å²) in [5.41, 5.74) is 0. The van der Waals surface area contributed by atoms with Crippen molar-refractivity contribution in [2.45, 2.75) is 32.8 Å². The molecule has 2 heterocycles. The molecule has 0 spiro atoms. The van der Waals surface area contributed by atoms with E-state index in [1.807, 2.05) is 12.3 Å². The van der Waals surface area contributed by atoms with Crippen molar-refractivity contribution in [3.05, 3.63) is 12.3 Å². The molecule has 2 rings (SSSR count). The van der Waals surface area contributed by atoms with Crippen LogP contribution in [0, 0.1) is 0 Å². The van der Waals surface area contributed by atoms with Gasteiger partial charge in [-0.15, -0.1) is 0 Å². The van der Waals surface area contributed by atoms with Crippen LogP contribution in [0.4, 0.5) is 11.8 Å². The summed E-state index contributed by atoms with van der Waals surface area (Å²) >= 11 is 0. The first-order valence-corrected chi connectivity index (χ1v) is 6.73. The van der Waals surface area contributed by atoms with Crippen molar-refractivity contribution in [3.8, 4) is 0 Å². The average Bonchev–Trinajstić information content (AvgIpc) is 2.61. The molecule has 0 radical (unpaired) electrons. The van der Waals surface area contributed by atoms with Gasteiger partial charge in [0.1, 0.15) is 5.82 Å². The molecule has 1 unspecified atom stereocenters. The smallest absolute Gasteiger partial charge is 0.224 e. The Morgan fingerprint density at radius 1 is 1.56 bits per heavy atom. The van der Waals surface area contributed by atoms with Crippen molar-refractivity contribution in [1.82, 2.24) is 9.97 Å². The van der Waals surface area contributed by atoms with Crippen molar-refractivity contribution in [1.29, 1.82) is 0 Å². The molecule has 1 aromatic heterocycles. The Kier molecular flexibility index (Phi) is 4.75. The largest absolute Gasteiger partial charge is 0.377 e. The van der Waals surface area contributed by atoms with Crippen LogP contribution in [0.3, 0.4) is 0 Å². The van der Waals surface area contributed by atoms with Crippen LogP contribution in [0.1, 0.15) is 26.7 Å². The highest BCUT2D eigenvalue weighted by Crippen LogP contribution is 2.16. The van der Waals surface area contributed by atoms with Crippen molar-refractivity contribution in [2.75, 3.05) is 36.5 Å². The molecule has 1 aliphatic heterocycles. The van der Waals surface area contributed by atoms with Gasteiger partial charge in [0.05, 0.1) is 6.10 Å². The third-order valence-electron chi connectivity index (χ3n) is 2.95. The van der Waals surface area contributed by atoms with E-state index in [0.29, 0.717) is 5.95 Å². The monoisotopic (exact) mass is 250 g/mol. The van der Waals surface area contributed by atoms with Gasteiger partial charge in [-0.05, 0) is 25.8 Å². The molecule has 1 saturated heterocycles. The standard InChI is InChI=1S/C13H22N4O/c1-3-6-14-13-15-7-5-12(16-13)17-8-4-9-18-11(2)10-17/h5,7,11H,3-4,6,8-10H2,1-2H3,(H,14,15,16). The second-order valence-corrected chi connectivity index (χ2v) is 4.65. The normalized spacial score (nSPS) is 20.6. The Bertz CT molecular complexity index is 372. The number of ether oxygens (including phenoxy) is 1. The van der Waals surface area contributed by atoms with E-state index < -0.39 is 0 Å². The number of hydrogen-bond acceptors (Lipinski definition) is 5. The fraction of sp³-hybridized carbons (Fsp3) is 0.692. The third-order valence-corrected chi connectivity index (χ3v) is 2.95. The second-order valence-electron chi connectivity index (χ2n) is 4.65. The Morgan fingerprint density at radius 2 is 2.44 bits per heavy atom. The average molecular weight is 250 g/mol. The predicted molar refractivity (Wildman–Crippen MR) is 73.1 cm³/mol. The number of nitrogens with one attached hydrogen (secondary N) is 1. The quantitative estimate of drug-likeness (QED) is 0.884. The summed E-state index contributed by atoms with van der Waals surface area (Å²) in [5.74, 6) is 1.70. The van der Waals surface area contributed by atoms with E-state index in [4.69, 9.17) is 4.74 Å². The van der Waals surface area contributed by atoms with Crippen LogP contribution in [0.5, 0.6) is 0 Å². The fourth-order valence-electron chi connectivity index (χ4n) is 2.05. The maximum Gasteiger partial charge on any atom is 0.224 e. The molecule has 5 nitrogen and oxygen atoms in total. The first-order chi connectivity index (χ1) is 8.79. The van der Waals surface area contributed by atoms with E-state index in [2.05, 4.69) is 34.0 Å². The first-order valence-electron chi connectivity index (χ1n) is 6.73. The summed E-state index contributed by atoms with van der Waals surface area (Å²) in [6.07, 6.45) is 4.19. The zero-order chi connectivity index (χ0) is 12.8. The molecule has 18 heavy (non-hydrogen) atoms. The Morgan fingerprint density at radius 3 is 3.28 bits per heavy atom. The van der Waals surface area contributed by atoms with Crippen molar-refractivity contribution in [3.63, 3.8) is 0 Å². The minimum absolute atomic E-state index is 0.259. The second kappa shape index (κ2) is 6.54. The van der Waals surface area contributed by atoms with Crippen LogP contribution >= 0.6 is 0 Å². The molecular weight excluding hydrogens is 228 g/mol. The molecule has 1 fully saturated rings. The third kappa shape index (κ3) is 3.57. The van der Waals surface area contributed by atoms with Gasteiger partial charge in [0.2, 0.25) is 5.95 Å². The van der Waals surface area contributed by atoms with Gasteiger partial charge in [-0.25, -0.2) is 4.98 Å². The highest BCUT2D eigenvalue weighted by atomic mass is 16.5. The summed E-state index contributed by atoms with van der Waals surface area (Å²) in [6, 6.07) is 1.97. The molecule has 0 amide bonds. The highest BCUT2D eigenvalue weighted by Gasteiger charge is 2.16. The maximum absolute atomic E-state index is 5.65. The van der Waals surface area contributed by atoms with Gasteiger partial charge in [0.25, 0.3) is 0 Å². The Hall–Kier alpha value is -1.36. The minimum Gasteiger partial charge on any atom is -0.377 e. The molecule has 0 bridgehead atoms. The van der Waals surface area contributed by atoms with Gasteiger partial charge < -0.3 is 15.0 Å². The van der Waals surface area contributed by atoms with Crippen LogP contribution in [0.15, 0.2) is 12.3 Å². The van der Waals surface area contributed by atoms with Crippen molar-refractivity contribution in [2.24, 2.45) is 0 Å². The lowest BCUT2D eigenvalue weighted by molar-refractivity contribution is 0.0820. The molecule has 1 N–H and O–H groups in total. The molecule has 1 atom stereocenters. The lowest BCUT2D eigenvalue weighted by Gasteiger charge is -2.23. The summed E-state index contributed by atoms with van der Waals surface area (Å²) in [4.78, 5) is 11.1. The predicted octanol–water partition coefficient (Wildman–Crippen LogP) is 1.91. The van der Waals surface area contributed by atoms with Gasteiger partial charge in [-0.3, -0.25) is 0 Å². The van der Waals surface area contributed by atoms with Gasteiger partial charge in [0, 0.05) is 32.4 Å². The SMILES string of the molecule is CCCNc1nccc(N2CCCOC(C)C2)n1. The van der Waals surface area contributed by atoms with Crippen LogP contribution in [-0.4, -0.2) is 42.3 Å². The van der Waals surface area contributed by atoms with Crippen LogP contribution in [0.2, 0.25) is 0 Å². The number of aromatic nitrogens is 2. The lowest BCUT2D eigenvalue weighted by atomic mass is 10.3. The number of rotatable bonds is 4. The van der Waals surface area contributed by atoms with E-state index in [0.717, 1.165) is 44.9 Å². The molecule has 100 valence electrons. The lowest BCUT2D eigenvalue weighted by Crippen LogP contribution is -2.31. The van der Waals surface area contributed by atoms with Crippen LogP contribution in [0.25, 0.3) is 0 Å². The molecule has 0 aromatic carbocycles. The Labute approximate surface area is 109 Å². The van der Waals surface area contributed by atoms with Gasteiger partial charge >= 0.3 is 0 Å². The zero-order valence-electron chi connectivity index (χ0n) is 11.2. The van der Waals surface area contributed by atoms with Gasteiger partial charge in [-0.1, -0.05) is 6.92 Å². The van der Waals surface area contributed by atoms with Crippen LogP contribution in [-0.2, 0) is 4.74 Å². The number of anilines is 2. The first kappa shape index (κ1) is 13.1. The summed E-state index contributed by atoms with van der Waals surface area (Å²) < 4.78 is 5.65. The summed E-state index contributed by atoms with van der Waals surface area (Å²) in [6.45, 7) is 7.87. The molecule has 5 heteroatoms. The molecule has 1 aromatic rings. The van der Waals surface area contributed by atoms with E-state index in [9.17, 15) is 0 Å². The molecule has 1 aliphatic rings. The van der Waals surface area contributed by atoms with Gasteiger partial charge in [-0.2, -0.15) is 4.98 Å². The van der Waals surface area contributed by atoms with Crippen LogP contribution < -0.4 is 10.2 Å². The summed E-state index contributed by atoms with van der Waals surface area (Å²) in [7, 11) is 0. The van der Waals surface area contributed by atoms with E-state index in [1.165, 1.54) is 0 Å². The van der Waals surface area contributed by atoms with Crippen molar-refractivity contribution >= 4 is 11.8 Å². The number of hydrogen-bond donors (Lipinski definition) is 1. The fourth-order valence-corrected chi connectivity index (χ4v) is 2.05. The maximum atomic E-state index is 5.65. The van der Waals surface area contributed by atoms with E-state index >= 15 is 0 Å². The highest BCUT2D eigenvalue weighted by molar-refractivity contribution is 5.42. The van der Waals surface area contributed by atoms with E-state index in [1.54, 1.807) is 0 Å². The summed E-state index contributed by atoms with van der Waals surface area (Å²) in [5, 5.41) is 3.22. The Balaban J connectivity index is 2.06. The number of nitrogens with zero attached hydrogens (tertiary/aromatic N) is 3. The molecule has 0 aliphatic carbocycles. The van der Waals surface area contributed by atoms with Crippen molar-refractivity contribution < 1.29 is 4.74 Å². The zero-order valence-corrected chi connectivity index (χ0v) is 11.2.